The van der Waals surface area contributed by atoms with E-state index in [-0.39, 0.29) is 10.7 Å². The molecule has 6 heteroatoms. The highest BCUT2D eigenvalue weighted by Gasteiger charge is 2.36. The van der Waals surface area contributed by atoms with E-state index < -0.39 is 11.1 Å². The molecule has 0 atom stereocenters. The summed E-state index contributed by atoms with van der Waals surface area (Å²) in [5.74, 6) is 0.786. The summed E-state index contributed by atoms with van der Waals surface area (Å²) >= 11 is 5.89. The second-order valence-corrected chi connectivity index (χ2v) is 5.61. The third-order valence-electron chi connectivity index (χ3n) is 3.09. The second-order valence-electron chi connectivity index (χ2n) is 5.25. The van der Waals surface area contributed by atoms with Gasteiger partial charge in [-0.25, -0.2) is 9.97 Å². The van der Waals surface area contributed by atoms with Gasteiger partial charge < -0.3 is 10.4 Å². The SMILES string of the molecule is Cc1nc(Cl)c(C=O)c(NC(C)(C)C(C)(C)O)n1. The zero-order valence-electron chi connectivity index (χ0n) is 11.2. The number of nitrogens with one attached hydrogen (secondary N) is 1. The first-order chi connectivity index (χ1) is 8.08. The van der Waals surface area contributed by atoms with Crippen LogP contribution in [-0.2, 0) is 0 Å². The molecule has 0 spiro atoms. The van der Waals surface area contributed by atoms with E-state index in [0.717, 1.165) is 0 Å². The molecule has 0 saturated heterocycles. The van der Waals surface area contributed by atoms with Crippen LogP contribution in [0.25, 0.3) is 0 Å². The number of nitrogens with zero attached hydrogens (tertiary/aromatic N) is 2. The van der Waals surface area contributed by atoms with Crippen molar-refractivity contribution in [3.05, 3.63) is 16.5 Å². The number of aliphatic hydroxyl groups is 1. The number of aryl methyl sites for hydroxylation is 1. The predicted molar refractivity (Wildman–Crippen MR) is 71.2 cm³/mol. The zero-order chi connectivity index (χ0) is 14.1. The van der Waals surface area contributed by atoms with Crippen molar-refractivity contribution in [3.8, 4) is 0 Å². The van der Waals surface area contributed by atoms with Crippen LogP contribution in [0.3, 0.4) is 0 Å². The number of carbonyl (C=O) groups is 1. The van der Waals surface area contributed by atoms with Crippen molar-refractivity contribution in [1.29, 1.82) is 0 Å². The molecule has 18 heavy (non-hydrogen) atoms. The Balaban J connectivity index is 3.23. The van der Waals surface area contributed by atoms with Gasteiger partial charge in [-0.3, -0.25) is 4.79 Å². The van der Waals surface area contributed by atoms with Crippen molar-refractivity contribution >= 4 is 23.7 Å². The van der Waals surface area contributed by atoms with Crippen LogP contribution in [0, 0.1) is 6.92 Å². The average Bonchev–Trinajstić information content (AvgIpc) is 2.14. The van der Waals surface area contributed by atoms with Crippen molar-refractivity contribution in [2.24, 2.45) is 0 Å². The number of halogens is 1. The van der Waals surface area contributed by atoms with Gasteiger partial charge in [-0.1, -0.05) is 11.6 Å². The topological polar surface area (TPSA) is 75.1 Å². The van der Waals surface area contributed by atoms with Crippen molar-refractivity contribution < 1.29 is 9.90 Å². The van der Waals surface area contributed by atoms with Crippen LogP contribution >= 0.6 is 11.6 Å². The lowest BCUT2D eigenvalue weighted by Gasteiger charge is -2.38. The molecule has 5 nitrogen and oxygen atoms in total. The molecule has 1 aromatic heterocycles. The molecule has 0 radical (unpaired) electrons. The van der Waals surface area contributed by atoms with E-state index in [9.17, 15) is 9.90 Å². The van der Waals surface area contributed by atoms with Gasteiger partial charge in [0.25, 0.3) is 0 Å². The van der Waals surface area contributed by atoms with Crippen LogP contribution in [0.2, 0.25) is 5.15 Å². The van der Waals surface area contributed by atoms with E-state index in [1.54, 1.807) is 20.8 Å². The summed E-state index contributed by atoms with van der Waals surface area (Å²) in [7, 11) is 0. The minimum atomic E-state index is -1.00. The van der Waals surface area contributed by atoms with E-state index in [0.29, 0.717) is 17.9 Å². The fraction of sp³-hybridized carbons (Fsp3) is 0.583. The molecule has 0 aliphatic rings. The lowest BCUT2D eigenvalue weighted by molar-refractivity contribution is 0.0238. The van der Waals surface area contributed by atoms with Crippen LogP contribution in [-0.4, -0.2) is 32.5 Å². The van der Waals surface area contributed by atoms with Gasteiger partial charge >= 0.3 is 0 Å². The van der Waals surface area contributed by atoms with Crippen LogP contribution in [0.4, 0.5) is 5.82 Å². The maximum atomic E-state index is 11.0. The van der Waals surface area contributed by atoms with Gasteiger partial charge in [0.1, 0.15) is 16.8 Å². The fourth-order valence-corrected chi connectivity index (χ4v) is 1.45. The molecule has 1 aromatic rings. The number of carbonyl (C=O) groups excluding carboxylic acids is 1. The number of aldehydes is 1. The van der Waals surface area contributed by atoms with Gasteiger partial charge in [-0.15, -0.1) is 0 Å². The largest absolute Gasteiger partial charge is 0.388 e. The molecular formula is C12H18ClN3O2. The Morgan fingerprint density at radius 2 is 1.83 bits per heavy atom. The molecule has 0 saturated carbocycles. The van der Waals surface area contributed by atoms with Crippen molar-refractivity contribution in [1.82, 2.24) is 9.97 Å². The van der Waals surface area contributed by atoms with Crippen molar-refractivity contribution in [2.75, 3.05) is 5.32 Å². The molecule has 0 aliphatic heterocycles. The van der Waals surface area contributed by atoms with Gasteiger partial charge in [0.05, 0.1) is 16.7 Å². The molecule has 0 amide bonds. The molecule has 0 bridgehead atoms. The van der Waals surface area contributed by atoms with Crippen molar-refractivity contribution in [3.63, 3.8) is 0 Å². The predicted octanol–water partition coefficient (Wildman–Crippen LogP) is 2.21. The van der Waals surface area contributed by atoms with Gasteiger partial charge in [0, 0.05) is 0 Å². The molecule has 0 aliphatic carbocycles. The lowest BCUT2D eigenvalue weighted by Crippen LogP contribution is -2.51. The maximum absolute atomic E-state index is 11.0. The first-order valence-electron chi connectivity index (χ1n) is 5.58. The van der Waals surface area contributed by atoms with Crippen LogP contribution < -0.4 is 5.32 Å². The number of anilines is 1. The Hall–Kier alpha value is -1.20. The second kappa shape index (κ2) is 4.82. The molecule has 0 unspecified atom stereocenters. The minimum absolute atomic E-state index is 0.103. The molecule has 0 fully saturated rings. The van der Waals surface area contributed by atoms with Gasteiger partial charge in [0.15, 0.2) is 6.29 Å². The number of rotatable bonds is 4. The standard InChI is InChI=1S/C12H18ClN3O2/c1-7-14-9(13)8(6-17)10(15-7)16-11(2,3)12(4,5)18/h6,18H,1-5H3,(H,14,15,16). The van der Waals surface area contributed by atoms with E-state index in [1.807, 2.05) is 13.8 Å². The Labute approximate surface area is 112 Å². The quantitative estimate of drug-likeness (QED) is 0.649. The normalized spacial score (nSPS) is 12.4. The van der Waals surface area contributed by atoms with E-state index in [4.69, 9.17) is 11.6 Å². The van der Waals surface area contributed by atoms with Crippen LogP contribution in [0.15, 0.2) is 0 Å². The summed E-state index contributed by atoms with van der Waals surface area (Å²) in [4.78, 5) is 19.1. The molecule has 0 aromatic carbocycles. The summed E-state index contributed by atoms with van der Waals surface area (Å²) < 4.78 is 0. The molecule has 1 heterocycles. The fourth-order valence-electron chi connectivity index (χ4n) is 1.20. The Morgan fingerprint density at radius 3 is 2.28 bits per heavy atom. The number of hydrogen-bond donors (Lipinski definition) is 2. The average molecular weight is 272 g/mol. The summed E-state index contributed by atoms with van der Waals surface area (Å²) in [6.07, 6.45) is 0.602. The Bertz CT molecular complexity index is 467. The maximum Gasteiger partial charge on any atom is 0.156 e. The Kier molecular flexibility index (Phi) is 3.98. The number of aromatic nitrogens is 2. The summed E-state index contributed by atoms with van der Waals surface area (Å²) in [5, 5.41) is 13.2. The van der Waals surface area contributed by atoms with Crippen LogP contribution in [0.1, 0.15) is 43.9 Å². The Morgan fingerprint density at radius 1 is 1.28 bits per heavy atom. The monoisotopic (exact) mass is 271 g/mol. The van der Waals surface area contributed by atoms with E-state index in [1.165, 1.54) is 0 Å². The first-order valence-corrected chi connectivity index (χ1v) is 5.96. The van der Waals surface area contributed by atoms with Gasteiger partial charge in [0.2, 0.25) is 0 Å². The summed E-state index contributed by atoms with van der Waals surface area (Å²) in [6.45, 7) is 8.66. The van der Waals surface area contributed by atoms with E-state index in [2.05, 4.69) is 15.3 Å². The van der Waals surface area contributed by atoms with E-state index >= 15 is 0 Å². The first kappa shape index (κ1) is 14.9. The smallest absolute Gasteiger partial charge is 0.156 e. The van der Waals surface area contributed by atoms with Crippen LogP contribution in [0.5, 0.6) is 0 Å². The minimum Gasteiger partial charge on any atom is -0.388 e. The summed E-state index contributed by atoms with van der Waals surface area (Å²) in [5.41, 5.74) is -1.49. The molecular weight excluding hydrogens is 254 g/mol. The van der Waals surface area contributed by atoms with Gasteiger partial charge in [-0.2, -0.15) is 0 Å². The molecule has 100 valence electrons. The summed E-state index contributed by atoms with van der Waals surface area (Å²) in [6, 6.07) is 0. The highest BCUT2D eigenvalue weighted by molar-refractivity contribution is 6.32. The molecule has 1 rings (SSSR count). The third kappa shape index (κ3) is 2.97. The number of hydrogen-bond acceptors (Lipinski definition) is 5. The lowest BCUT2D eigenvalue weighted by atomic mass is 9.86. The van der Waals surface area contributed by atoms with Crippen molar-refractivity contribution in [2.45, 2.75) is 45.8 Å². The molecule has 2 N–H and O–H groups in total. The zero-order valence-corrected chi connectivity index (χ0v) is 12.0. The van der Waals surface area contributed by atoms with Gasteiger partial charge in [-0.05, 0) is 34.6 Å². The third-order valence-corrected chi connectivity index (χ3v) is 3.38. The highest BCUT2D eigenvalue weighted by Crippen LogP contribution is 2.28. The highest BCUT2D eigenvalue weighted by atomic mass is 35.5.